The molecule has 0 aliphatic carbocycles. The maximum atomic E-state index is 4.95. The molecule has 0 saturated carbocycles. The van der Waals surface area contributed by atoms with E-state index in [1.165, 1.54) is 0 Å². The lowest BCUT2D eigenvalue weighted by molar-refractivity contribution is 0.904. The highest BCUT2D eigenvalue weighted by Crippen LogP contribution is 2.13. The van der Waals surface area contributed by atoms with Gasteiger partial charge in [0.2, 0.25) is 0 Å². The normalized spacial score (nSPS) is 10.3. The molecule has 0 bridgehead atoms. The van der Waals surface area contributed by atoms with Gasteiger partial charge in [0.15, 0.2) is 5.11 Å². The van der Waals surface area contributed by atoms with E-state index >= 15 is 0 Å². The van der Waals surface area contributed by atoms with Crippen LogP contribution < -0.4 is 10.7 Å². The van der Waals surface area contributed by atoms with Gasteiger partial charge in [-0.2, -0.15) is 5.10 Å². The highest BCUT2D eigenvalue weighted by atomic mass is 79.9. The van der Waals surface area contributed by atoms with Crippen molar-refractivity contribution in [3.8, 4) is 0 Å². The summed E-state index contributed by atoms with van der Waals surface area (Å²) in [5.41, 5.74) is 3.73. The van der Waals surface area contributed by atoms with Crippen LogP contribution in [0.25, 0.3) is 0 Å². The van der Waals surface area contributed by atoms with Gasteiger partial charge in [-0.25, -0.2) is 0 Å². The van der Waals surface area contributed by atoms with E-state index < -0.39 is 0 Å². The number of rotatable bonds is 3. The van der Waals surface area contributed by atoms with Gasteiger partial charge in [0.25, 0.3) is 0 Å². The zero-order valence-corrected chi connectivity index (χ0v) is 10.7. The molecule has 80 valence electrons. The van der Waals surface area contributed by atoms with Crippen molar-refractivity contribution in [2.45, 2.75) is 6.92 Å². The molecule has 0 aromatic heterocycles. The SMILES string of the molecule is CCNC(=S)N/N=C\c1ccccc1Br. The van der Waals surface area contributed by atoms with Gasteiger partial charge in [-0.3, -0.25) is 5.43 Å². The summed E-state index contributed by atoms with van der Waals surface area (Å²) < 4.78 is 1.00. The second-order valence-corrected chi connectivity index (χ2v) is 4.01. The third kappa shape index (κ3) is 4.40. The van der Waals surface area contributed by atoms with E-state index in [0.717, 1.165) is 16.6 Å². The first kappa shape index (κ1) is 12.1. The van der Waals surface area contributed by atoms with Crippen LogP contribution in [0, 0.1) is 0 Å². The zero-order valence-electron chi connectivity index (χ0n) is 8.33. The number of nitrogens with one attached hydrogen (secondary N) is 2. The van der Waals surface area contributed by atoms with E-state index in [-0.39, 0.29) is 0 Å². The zero-order chi connectivity index (χ0) is 11.1. The molecule has 0 aliphatic heterocycles. The van der Waals surface area contributed by atoms with E-state index in [1.807, 2.05) is 31.2 Å². The van der Waals surface area contributed by atoms with Crippen LogP contribution in [0.1, 0.15) is 12.5 Å². The molecule has 0 atom stereocenters. The first-order valence-corrected chi connectivity index (χ1v) is 5.75. The van der Waals surface area contributed by atoms with E-state index in [4.69, 9.17) is 12.2 Å². The topological polar surface area (TPSA) is 36.4 Å². The quantitative estimate of drug-likeness (QED) is 0.508. The van der Waals surface area contributed by atoms with Gasteiger partial charge in [-0.1, -0.05) is 34.1 Å². The van der Waals surface area contributed by atoms with Crippen LogP contribution in [-0.4, -0.2) is 17.9 Å². The monoisotopic (exact) mass is 285 g/mol. The average molecular weight is 286 g/mol. The average Bonchev–Trinajstić information content (AvgIpc) is 2.21. The van der Waals surface area contributed by atoms with Crippen molar-refractivity contribution >= 4 is 39.5 Å². The molecule has 15 heavy (non-hydrogen) atoms. The van der Waals surface area contributed by atoms with Gasteiger partial charge in [0.1, 0.15) is 0 Å². The summed E-state index contributed by atoms with van der Waals surface area (Å²) in [6, 6.07) is 7.84. The second-order valence-electron chi connectivity index (χ2n) is 2.75. The lowest BCUT2D eigenvalue weighted by Gasteiger charge is -2.02. The molecule has 0 aliphatic rings. The number of benzene rings is 1. The van der Waals surface area contributed by atoms with E-state index in [2.05, 4.69) is 31.8 Å². The summed E-state index contributed by atoms with van der Waals surface area (Å²) >= 11 is 8.38. The molecule has 1 aromatic carbocycles. The molecule has 0 spiro atoms. The molecule has 0 unspecified atom stereocenters. The Balaban J connectivity index is 2.52. The van der Waals surface area contributed by atoms with Gasteiger partial charge in [0.05, 0.1) is 6.21 Å². The van der Waals surface area contributed by atoms with Crippen molar-refractivity contribution in [2.24, 2.45) is 5.10 Å². The van der Waals surface area contributed by atoms with Gasteiger partial charge in [0, 0.05) is 16.6 Å². The van der Waals surface area contributed by atoms with Crippen molar-refractivity contribution in [3.05, 3.63) is 34.3 Å². The predicted octanol–water partition coefficient (Wildman–Crippen LogP) is 2.27. The molecular weight excluding hydrogens is 274 g/mol. The van der Waals surface area contributed by atoms with Gasteiger partial charge in [-0.15, -0.1) is 0 Å². The molecule has 0 amide bonds. The molecule has 0 saturated heterocycles. The fourth-order valence-corrected chi connectivity index (χ4v) is 1.52. The van der Waals surface area contributed by atoms with Crippen LogP contribution >= 0.6 is 28.1 Å². The van der Waals surface area contributed by atoms with Gasteiger partial charge < -0.3 is 5.32 Å². The van der Waals surface area contributed by atoms with E-state index in [0.29, 0.717) is 5.11 Å². The third-order valence-electron chi connectivity index (χ3n) is 1.61. The fraction of sp³-hybridized carbons (Fsp3) is 0.200. The number of hydrogen-bond donors (Lipinski definition) is 2. The maximum absolute atomic E-state index is 4.95. The summed E-state index contributed by atoms with van der Waals surface area (Å²) in [5.74, 6) is 0. The lowest BCUT2D eigenvalue weighted by Crippen LogP contribution is -2.31. The van der Waals surface area contributed by atoms with Crippen LogP contribution in [0.3, 0.4) is 0 Å². The highest BCUT2D eigenvalue weighted by Gasteiger charge is 1.93. The first-order chi connectivity index (χ1) is 7.24. The maximum Gasteiger partial charge on any atom is 0.186 e. The van der Waals surface area contributed by atoms with Crippen molar-refractivity contribution < 1.29 is 0 Å². The van der Waals surface area contributed by atoms with Crippen LogP contribution in [-0.2, 0) is 0 Å². The molecule has 1 aromatic rings. The summed E-state index contributed by atoms with van der Waals surface area (Å²) in [6.07, 6.45) is 1.72. The minimum Gasteiger partial charge on any atom is -0.362 e. The molecule has 3 nitrogen and oxygen atoms in total. The Morgan fingerprint density at radius 2 is 2.27 bits per heavy atom. The standard InChI is InChI=1S/C10H12BrN3S/c1-2-12-10(15)14-13-7-8-5-3-4-6-9(8)11/h3-7H,2H2,1H3,(H2,12,14,15)/b13-7-. The van der Waals surface area contributed by atoms with Crippen molar-refractivity contribution in [2.75, 3.05) is 6.54 Å². The number of halogens is 1. The first-order valence-electron chi connectivity index (χ1n) is 4.55. The Labute approximate surface area is 103 Å². The minimum absolute atomic E-state index is 0.529. The summed E-state index contributed by atoms with van der Waals surface area (Å²) in [7, 11) is 0. The second kappa shape index (κ2) is 6.53. The van der Waals surface area contributed by atoms with Gasteiger partial charge >= 0.3 is 0 Å². The van der Waals surface area contributed by atoms with E-state index in [9.17, 15) is 0 Å². The fourth-order valence-electron chi connectivity index (χ4n) is 0.940. The number of hydrogen-bond acceptors (Lipinski definition) is 2. The third-order valence-corrected chi connectivity index (χ3v) is 2.57. The largest absolute Gasteiger partial charge is 0.362 e. The highest BCUT2D eigenvalue weighted by molar-refractivity contribution is 9.10. The molecule has 0 heterocycles. The number of thiocarbonyl (C=S) groups is 1. The summed E-state index contributed by atoms with van der Waals surface area (Å²) in [5, 5.41) is 7.48. The Hall–Kier alpha value is -0.940. The van der Waals surface area contributed by atoms with Crippen molar-refractivity contribution in [1.82, 2.24) is 10.7 Å². The molecule has 1 rings (SSSR count). The van der Waals surface area contributed by atoms with Crippen molar-refractivity contribution in [1.29, 1.82) is 0 Å². The molecule has 0 fully saturated rings. The van der Waals surface area contributed by atoms with Crippen LogP contribution in [0.5, 0.6) is 0 Å². The lowest BCUT2D eigenvalue weighted by atomic mass is 10.2. The molecule has 2 N–H and O–H groups in total. The Morgan fingerprint density at radius 3 is 2.93 bits per heavy atom. The predicted molar refractivity (Wildman–Crippen MR) is 71.1 cm³/mol. The van der Waals surface area contributed by atoms with Gasteiger partial charge in [-0.05, 0) is 25.2 Å². The van der Waals surface area contributed by atoms with Crippen LogP contribution in [0.15, 0.2) is 33.8 Å². The number of nitrogens with zero attached hydrogens (tertiary/aromatic N) is 1. The molecule has 5 heteroatoms. The Bertz CT molecular complexity index is 365. The number of hydrazone groups is 1. The Kier molecular flexibility index (Phi) is 5.28. The summed E-state index contributed by atoms with van der Waals surface area (Å²) in [4.78, 5) is 0. The van der Waals surface area contributed by atoms with Crippen LogP contribution in [0.4, 0.5) is 0 Å². The Morgan fingerprint density at radius 1 is 1.53 bits per heavy atom. The molecular formula is C10H12BrN3S. The summed E-state index contributed by atoms with van der Waals surface area (Å²) in [6.45, 7) is 2.77. The van der Waals surface area contributed by atoms with E-state index in [1.54, 1.807) is 6.21 Å². The van der Waals surface area contributed by atoms with Crippen LogP contribution in [0.2, 0.25) is 0 Å². The minimum atomic E-state index is 0.529. The van der Waals surface area contributed by atoms with Crippen molar-refractivity contribution in [3.63, 3.8) is 0 Å². The molecule has 0 radical (unpaired) electrons. The smallest absolute Gasteiger partial charge is 0.186 e.